The summed E-state index contributed by atoms with van der Waals surface area (Å²) >= 11 is 0. The summed E-state index contributed by atoms with van der Waals surface area (Å²) in [5, 5.41) is 10.1. The number of hydrogen-bond donors (Lipinski definition) is 1. The van der Waals surface area contributed by atoms with Gasteiger partial charge in [0.15, 0.2) is 0 Å². The minimum absolute atomic E-state index is 0.616. The third-order valence-corrected chi connectivity index (χ3v) is 2.48. The second kappa shape index (κ2) is 4.65. The van der Waals surface area contributed by atoms with Crippen LogP contribution in [0.3, 0.4) is 0 Å². The Balaban J connectivity index is 2.35. The van der Waals surface area contributed by atoms with Gasteiger partial charge in [0.05, 0.1) is 0 Å². The maximum atomic E-state index is 10.1. The molecular weight excluding hydrogens is 196 g/mol. The van der Waals surface area contributed by atoms with Gasteiger partial charge in [-0.05, 0) is 23.3 Å². The lowest BCUT2D eigenvalue weighted by Crippen LogP contribution is -1.99. The van der Waals surface area contributed by atoms with E-state index in [1.54, 1.807) is 0 Å². The van der Waals surface area contributed by atoms with Crippen molar-refractivity contribution in [2.75, 3.05) is 0 Å². The summed E-state index contributed by atoms with van der Waals surface area (Å²) in [4.78, 5) is 0. The van der Waals surface area contributed by atoms with Gasteiger partial charge in [-0.25, -0.2) is 0 Å². The molecule has 1 heteroatoms. The first-order valence-corrected chi connectivity index (χ1v) is 5.11. The molecule has 2 rings (SSSR count). The van der Waals surface area contributed by atoms with Gasteiger partial charge < -0.3 is 5.11 Å². The van der Waals surface area contributed by atoms with Crippen LogP contribution in [-0.4, -0.2) is 5.11 Å². The van der Waals surface area contributed by atoms with E-state index in [1.165, 1.54) is 0 Å². The molecule has 0 saturated carbocycles. The van der Waals surface area contributed by atoms with Crippen LogP contribution >= 0.6 is 0 Å². The Morgan fingerprint density at radius 3 is 2.31 bits per heavy atom. The standard InChI is InChI=1S/C15H12O/c1-2-12-7-6-10-14(11-12)15(16)13-8-4-3-5-9-13/h1,3-11,15-16H. The molecule has 78 valence electrons. The normalized spacial score (nSPS) is 11.8. The van der Waals surface area contributed by atoms with E-state index in [9.17, 15) is 5.11 Å². The van der Waals surface area contributed by atoms with Crippen LogP contribution in [0.2, 0.25) is 0 Å². The van der Waals surface area contributed by atoms with Gasteiger partial charge in [-0.3, -0.25) is 0 Å². The lowest BCUT2D eigenvalue weighted by atomic mass is 10.00. The Morgan fingerprint density at radius 1 is 0.938 bits per heavy atom. The fraction of sp³-hybridized carbons (Fsp3) is 0.0667. The van der Waals surface area contributed by atoms with Crippen molar-refractivity contribution in [3.63, 3.8) is 0 Å². The molecule has 1 nitrogen and oxygen atoms in total. The predicted octanol–water partition coefficient (Wildman–Crippen LogP) is 2.75. The van der Waals surface area contributed by atoms with E-state index >= 15 is 0 Å². The molecule has 0 amide bonds. The van der Waals surface area contributed by atoms with Crippen LogP contribution in [0.1, 0.15) is 22.8 Å². The Morgan fingerprint density at radius 2 is 1.62 bits per heavy atom. The minimum atomic E-state index is -0.616. The highest BCUT2D eigenvalue weighted by molar-refractivity contribution is 5.38. The SMILES string of the molecule is C#Cc1cccc(C(O)c2ccccc2)c1. The molecule has 0 aliphatic heterocycles. The molecular formula is C15H12O. The summed E-state index contributed by atoms with van der Waals surface area (Å²) in [5.41, 5.74) is 2.48. The van der Waals surface area contributed by atoms with Crippen molar-refractivity contribution in [2.24, 2.45) is 0 Å². The smallest absolute Gasteiger partial charge is 0.104 e. The number of rotatable bonds is 2. The van der Waals surface area contributed by atoms with Gasteiger partial charge >= 0.3 is 0 Å². The van der Waals surface area contributed by atoms with Gasteiger partial charge in [0.2, 0.25) is 0 Å². The largest absolute Gasteiger partial charge is 0.384 e. The molecule has 2 aromatic carbocycles. The van der Waals surface area contributed by atoms with Gasteiger partial charge in [-0.15, -0.1) is 6.42 Å². The highest BCUT2D eigenvalue weighted by Gasteiger charge is 2.09. The third-order valence-electron chi connectivity index (χ3n) is 2.48. The fourth-order valence-electron chi connectivity index (χ4n) is 1.63. The van der Waals surface area contributed by atoms with E-state index in [0.717, 1.165) is 16.7 Å². The fourth-order valence-corrected chi connectivity index (χ4v) is 1.63. The summed E-state index contributed by atoms with van der Waals surface area (Å²) in [5.74, 6) is 2.56. The van der Waals surface area contributed by atoms with Crippen LogP contribution in [0, 0.1) is 12.3 Å². The molecule has 2 aromatic rings. The Hall–Kier alpha value is -2.04. The lowest BCUT2D eigenvalue weighted by Gasteiger charge is -2.11. The van der Waals surface area contributed by atoms with E-state index in [4.69, 9.17) is 6.42 Å². The van der Waals surface area contributed by atoms with Crippen LogP contribution in [-0.2, 0) is 0 Å². The molecule has 0 spiro atoms. The summed E-state index contributed by atoms with van der Waals surface area (Å²) in [7, 11) is 0. The second-order valence-corrected chi connectivity index (χ2v) is 3.58. The van der Waals surface area contributed by atoms with Crippen molar-refractivity contribution in [3.8, 4) is 12.3 Å². The number of benzene rings is 2. The lowest BCUT2D eigenvalue weighted by molar-refractivity contribution is 0.220. The average Bonchev–Trinajstić information content (AvgIpc) is 2.39. The zero-order valence-corrected chi connectivity index (χ0v) is 8.80. The molecule has 0 aliphatic rings. The van der Waals surface area contributed by atoms with E-state index in [2.05, 4.69) is 5.92 Å². The van der Waals surface area contributed by atoms with Crippen LogP contribution in [0.25, 0.3) is 0 Å². The molecule has 0 heterocycles. The van der Waals surface area contributed by atoms with Gasteiger partial charge in [0.1, 0.15) is 6.10 Å². The predicted molar refractivity (Wildman–Crippen MR) is 64.9 cm³/mol. The Labute approximate surface area is 95.4 Å². The third kappa shape index (κ3) is 2.13. The molecule has 1 atom stereocenters. The topological polar surface area (TPSA) is 20.2 Å². The minimum Gasteiger partial charge on any atom is -0.384 e. The second-order valence-electron chi connectivity index (χ2n) is 3.58. The summed E-state index contributed by atoms with van der Waals surface area (Å²) in [6.07, 6.45) is 4.71. The van der Waals surface area contributed by atoms with E-state index in [1.807, 2.05) is 54.6 Å². The van der Waals surface area contributed by atoms with E-state index in [0.29, 0.717) is 0 Å². The molecule has 0 bridgehead atoms. The highest BCUT2D eigenvalue weighted by atomic mass is 16.3. The van der Waals surface area contributed by atoms with E-state index < -0.39 is 6.10 Å². The van der Waals surface area contributed by atoms with Crippen LogP contribution in [0.15, 0.2) is 54.6 Å². The molecule has 16 heavy (non-hydrogen) atoms. The van der Waals surface area contributed by atoms with Crippen molar-refractivity contribution in [3.05, 3.63) is 71.3 Å². The van der Waals surface area contributed by atoms with Gasteiger partial charge in [-0.2, -0.15) is 0 Å². The number of aliphatic hydroxyl groups is 1. The Bertz CT molecular complexity index is 508. The van der Waals surface area contributed by atoms with E-state index in [-0.39, 0.29) is 0 Å². The molecule has 1 N–H and O–H groups in total. The van der Waals surface area contributed by atoms with Crippen molar-refractivity contribution < 1.29 is 5.11 Å². The maximum absolute atomic E-state index is 10.1. The van der Waals surface area contributed by atoms with Crippen molar-refractivity contribution in [1.82, 2.24) is 0 Å². The number of aliphatic hydroxyl groups excluding tert-OH is 1. The highest BCUT2D eigenvalue weighted by Crippen LogP contribution is 2.21. The first kappa shape index (κ1) is 10.5. The molecule has 0 fully saturated rings. The van der Waals surface area contributed by atoms with Crippen LogP contribution in [0.4, 0.5) is 0 Å². The Kier molecular flexibility index (Phi) is 3.05. The van der Waals surface area contributed by atoms with Crippen LogP contribution < -0.4 is 0 Å². The van der Waals surface area contributed by atoms with Gasteiger partial charge in [0.25, 0.3) is 0 Å². The first-order valence-electron chi connectivity index (χ1n) is 5.11. The number of terminal acetylenes is 1. The van der Waals surface area contributed by atoms with Crippen molar-refractivity contribution >= 4 is 0 Å². The molecule has 0 aromatic heterocycles. The maximum Gasteiger partial charge on any atom is 0.104 e. The monoisotopic (exact) mass is 208 g/mol. The van der Waals surface area contributed by atoms with Crippen molar-refractivity contribution in [1.29, 1.82) is 0 Å². The molecule has 0 aliphatic carbocycles. The van der Waals surface area contributed by atoms with Crippen LogP contribution in [0.5, 0.6) is 0 Å². The zero-order valence-electron chi connectivity index (χ0n) is 8.80. The quantitative estimate of drug-likeness (QED) is 0.752. The molecule has 0 saturated heterocycles. The summed E-state index contributed by atoms with van der Waals surface area (Å²) < 4.78 is 0. The summed E-state index contributed by atoms with van der Waals surface area (Å²) in [6.45, 7) is 0. The first-order chi connectivity index (χ1) is 7.81. The summed E-state index contributed by atoms with van der Waals surface area (Å²) in [6, 6.07) is 16.9. The zero-order chi connectivity index (χ0) is 11.4. The molecule has 1 unspecified atom stereocenters. The number of hydrogen-bond acceptors (Lipinski definition) is 1. The van der Waals surface area contributed by atoms with Crippen molar-refractivity contribution in [2.45, 2.75) is 6.10 Å². The average molecular weight is 208 g/mol. The van der Waals surface area contributed by atoms with Gasteiger partial charge in [0, 0.05) is 5.56 Å². The molecule has 0 radical (unpaired) electrons. The van der Waals surface area contributed by atoms with Gasteiger partial charge in [-0.1, -0.05) is 48.4 Å².